The molecule has 12 rings (SSSR count). The Kier molecular flexibility index (Phi) is 6.91. The van der Waals surface area contributed by atoms with Gasteiger partial charge in [0.2, 0.25) is 0 Å². The van der Waals surface area contributed by atoms with Crippen LogP contribution in [0.5, 0.6) is 5.75 Å². The average Bonchev–Trinajstić information content (AvgIpc) is 3.84. The minimum Gasteiger partial charge on any atom is -0.481 e. The minimum absolute atomic E-state index is 0.0367. The maximum atomic E-state index is 6.70. The zero-order chi connectivity index (χ0) is 36.7. The zero-order valence-corrected chi connectivity index (χ0v) is 30.7. The molecule has 0 amide bonds. The van der Waals surface area contributed by atoms with Crippen molar-refractivity contribution in [2.45, 2.75) is 18.4 Å². The number of furan rings is 1. The molecule has 1 aliphatic heterocycles. The summed E-state index contributed by atoms with van der Waals surface area (Å²) in [5.41, 5.74) is 11.6. The van der Waals surface area contributed by atoms with Gasteiger partial charge in [-0.25, -0.2) is 0 Å². The van der Waals surface area contributed by atoms with Gasteiger partial charge in [-0.3, -0.25) is 0 Å². The quantitative estimate of drug-likeness (QED) is 0.169. The van der Waals surface area contributed by atoms with Crippen LogP contribution in [-0.4, -0.2) is 6.10 Å². The first-order valence-electron chi connectivity index (χ1n) is 19.7. The maximum Gasteiger partial charge on any atom is 0.177 e. The van der Waals surface area contributed by atoms with Crippen LogP contribution < -0.4 is 15.2 Å². The summed E-state index contributed by atoms with van der Waals surface area (Å²) in [4.78, 5) is 0. The van der Waals surface area contributed by atoms with Gasteiger partial charge in [0, 0.05) is 28.2 Å². The molecule has 0 saturated carbocycles. The number of benzene rings is 8. The van der Waals surface area contributed by atoms with Crippen LogP contribution in [0.3, 0.4) is 0 Å². The van der Waals surface area contributed by atoms with Gasteiger partial charge in [-0.1, -0.05) is 146 Å². The van der Waals surface area contributed by atoms with E-state index in [1.807, 2.05) is 0 Å². The first-order chi connectivity index (χ1) is 27.7. The van der Waals surface area contributed by atoms with Gasteiger partial charge < -0.3 is 9.15 Å². The van der Waals surface area contributed by atoms with Gasteiger partial charge in [0.15, 0.2) is 11.3 Å². The van der Waals surface area contributed by atoms with E-state index in [9.17, 15) is 0 Å². The molecule has 2 heterocycles. The van der Waals surface area contributed by atoms with Crippen LogP contribution in [0.1, 0.15) is 17.9 Å². The van der Waals surface area contributed by atoms with Crippen molar-refractivity contribution in [2.75, 3.05) is 0 Å². The third-order valence-corrected chi connectivity index (χ3v) is 12.3. The lowest BCUT2D eigenvalue weighted by Gasteiger charge is -2.23. The molecule has 0 spiro atoms. The van der Waals surface area contributed by atoms with Crippen LogP contribution in [0.15, 0.2) is 186 Å². The normalized spacial score (nSPS) is 18.2. The van der Waals surface area contributed by atoms with Crippen molar-refractivity contribution in [3.05, 3.63) is 198 Å². The molecule has 3 aliphatic rings. The fourth-order valence-corrected chi connectivity index (χ4v) is 9.48. The molecule has 56 heavy (non-hydrogen) atoms. The van der Waals surface area contributed by atoms with Crippen LogP contribution in [0.4, 0.5) is 0 Å². The van der Waals surface area contributed by atoms with Crippen LogP contribution in [0, 0.1) is 5.92 Å². The molecule has 0 saturated heterocycles. The highest BCUT2D eigenvalue weighted by atomic mass is 16.5. The monoisotopic (exact) mass is 716 g/mol. The van der Waals surface area contributed by atoms with E-state index < -0.39 is 0 Å². The van der Waals surface area contributed by atoms with Gasteiger partial charge in [-0.2, -0.15) is 0 Å². The number of hydrogen-bond donors (Lipinski definition) is 0. The third-order valence-electron chi connectivity index (χ3n) is 12.3. The Balaban J connectivity index is 0.876. The Morgan fingerprint density at radius 1 is 0.500 bits per heavy atom. The van der Waals surface area contributed by atoms with Crippen molar-refractivity contribution in [2.24, 2.45) is 5.92 Å². The lowest BCUT2D eigenvalue weighted by molar-refractivity contribution is 0.268. The molecular formula is C54H36O2. The Morgan fingerprint density at radius 2 is 1.27 bits per heavy atom. The van der Waals surface area contributed by atoms with Crippen LogP contribution in [-0.2, 0) is 0 Å². The summed E-state index contributed by atoms with van der Waals surface area (Å²) in [6, 6.07) is 57.2. The number of rotatable bonds is 4. The van der Waals surface area contributed by atoms with Gasteiger partial charge in [-0.05, 0) is 120 Å². The largest absolute Gasteiger partial charge is 0.481 e. The summed E-state index contributed by atoms with van der Waals surface area (Å²) in [6.07, 6.45) is 12.8. The fourth-order valence-electron chi connectivity index (χ4n) is 9.48. The first-order valence-corrected chi connectivity index (χ1v) is 19.7. The van der Waals surface area contributed by atoms with E-state index in [1.54, 1.807) is 0 Å². The molecule has 0 fully saturated rings. The second-order valence-electron chi connectivity index (χ2n) is 15.5. The number of ether oxygens (including phenoxy) is 1. The van der Waals surface area contributed by atoms with Crippen molar-refractivity contribution in [3.63, 3.8) is 0 Å². The Hall–Kier alpha value is -6.90. The molecule has 9 aromatic rings. The molecule has 2 aliphatic carbocycles. The lowest BCUT2D eigenvalue weighted by atomic mass is 9.82. The summed E-state index contributed by atoms with van der Waals surface area (Å²) < 4.78 is 13.3. The molecule has 3 atom stereocenters. The average molecular weight is 717 g/mol. The lowest BCUT2D eigenvalue weighted by Crippen LogP contribution is -2.29. The van der Waals surface area contributed by atoms with Crippen LogP contribution >= 0.6 is 0 Å². The van der Waals surface area contributed by atoms with E-state index in [-0.39, 0.29) is 12.0 Å². The van der Waals surface area contributed by atoms with Crippen molar-refractivity contribution in [3.8, 4) is 39.1 Å². The Labute approximate surface area is 324 Å². The topological polar surface area (TPSA) is 22.4 Å². The van der Waals surface area contributed by atoms with Crippen molar-refractivity contribution >= 4 is 55.6 Å². The van der Waals surface area contributed by atoms with Gasteiger partial charge >= 0.3 is 0 Å². The van der Waals surface area contributed by atoms with Crippen molar-refractivity contribution in [1.29, 1.82) is 0 Å². The van der Waals surface area contributed by atoms with Crippen LogP contribution in [0.2, 0.25) is 0 Å². The predicted octanol–water partition coefficient (Wildman–Crippen LogP) is 12.5. The Morgan fingerprint density at radius 3 is 2.20 bits per heavy atom. The van der Waals surface area contributed by atoms with E-state index in [1.165, 1.54) is 70.9 Å². The van der Waals surface area contributed by atoms with Gasteiger partial charge in [0.05, 0.1) is 0 Å². The molecule has 8 aromatic carbocycles. The highest BCUT2D eigenvalue weighted by Gasteiger charge is 2.36. The highest BCUT2D eigenvalue weighted by Crippen LogP contribution is 2.49. The summed E-state index contributed by atoms with van der Waals surface area (Å²) in [6.45, 7) is 0. The number of allylic oxidation sites excluding steroid dienone is 2. The predicted molar refractivity (Wildman–Crippen MR) is 232 cm³/mol. The smallest absolute Gasteiger partial charge is 0.177 e. The van der Waals surface area contributed by atoms with E-state index >= 15 is 0 Å². The van der Waals surface area contributed by atoms with Crippen molar-refractivity contribution in [1.82, 2.24) is 0 Å². The zero-order valence-electron chi connectivity index (χ0n) is 30.7. The molecule has 3 unspecified atom stereocenters. The van der Waals surface area contributed by atoms with E-state index in [0.717, 1.165) is 39.7 Å². The standard InChI is InChI=1S/C54H36O2/c1-2-9-33(10-3-1)35-17-18-37-28-38(20-19-36(37)27-35)40-22-26-52-50(31-40)47-24-23-46-49-30-39(21-25-51(49)55-53(46)54(47)56-52)34-12-8-13-41(29-34)48-32-42-11-4-5-14-43(42)44-15-6-7-16-45(44)48/h1-19,21-32,38,50,52H,20H2. The molecule has 264 valence electrons. The highest BCUT2D eigenvalue weighted by molar-refractivity contribution is 6.14. The minimum atomic E-state index is -0.0367. The first kappa shape index (κ1) is 31.5. The number of hydrogen-bond acceptors (Lipinski definition) is 2. The second-order valence-corrected chi connectivity index (χ2v) is 15.5. The molecule has 2 heteroatoms. The van der Waals surface area contributed by atoms with Gasteiger partial charge in [0.25, 0.3) is 0 Å². The molecule has 0 radical (unpaired) electrons. The molecule has 0 bridgehead atoms. The summed E-state index contributed by atoms with van der Waals surface area (Å²) >= 11 is 0. The summed E-state index contributed by atoms with van der Waals surface area (Å²) in [7, 11) is 0. The molecule has 2 nitrogen and oxygen atoms in total. The summed E-state index contributed by atoms with van der Waals surface area (Å²) in [5, 5.41) is 9.90. The fraction of sp³-hybridized carbons (Fsp3) is 0.0741. The second kappa shape index (κ2) is 12.3. The van der Waals surface area contributed by atoms with E-state index in [4.69, 9.17) is 9.15 Å². The van der Waals surface area contributed by atoms with Crippen molar-refractivity contribution < 1.29 is 9.15 Å². The Bertz CT molecular complexity index is 3270. The maximum absolute atomic E-state index is 6.70. The molecular weight excluding hydrogens is 681 g/mol. The molecule has 1 aromatic heterocycles. The van der Waals surface area contributed by atoms with E-state index in [0.29, 0.717) is 5.92 Å². The number of fused-ring (bicyclic) bond motifs is 11. The van der Waals surface area contributed by atoms with Gasteiger partial charge in [0.1, 0.15) is 11.7 Å². The van der Waals surface area contributed by atoms with Crippen LogP contribution in [0.25, 0.3) is 89.0 Å². The van der Waals surface area contributed by atoms with E-state index in [2.05, 4.69) is 188 Å². The van der Waals surface area contributed by atoms with Gasteiger partial charge in [-0.15, -0.1) is 0 Å². The third kappa shape index (κ3) is 4.96. The molecule has 0 N–H and O–H groups in total. The summed E-state index contributed by atoms with van der Waals surface area (Å²) in [5.74, 6) is 1.36. The SMILES string of the molecule is C1=CC2Oc3c(ccc4c3oc3ccc(-c5cccc(-c6cc7ccccc7c7ccccc67)c5)cc34)C2C=C1C1C=c2ccc(-c3ccccc3)cc2=CC1.